The summed E-state index contributed by atoms with van der Waals surface area (Å²) in [5, 5.41) is 7.14. The fraction of sp³-hybridized carbons (Fsp3) is 0. The highest BCUT2D eigenvalue weighted by molar-refractivity contribution is 6.16. The molecular weight excluding hydrogens is 693 g/mol. The summed E-state index contributed by atoms with van der Waals surface area (Å²) < 4.78 is 11.4. The van der Waals surface area contributed by atoms with Gasteiger partial charge in [0.05, 0.1) is 33.1 Å². The lowest BCUT2D eigenvalue weighted by Gasteiger charge is -2.13. The molecule has 0 spiro atoms. The minimum atomic E-state index is 0.881. The van der Waals surface area contributed by atoms with E-state index in [2.05, 4.69) is 209 Å². The van der Waals surface area contributed by atoms with Gasteiger partial charge in [0.2, 0.25) is 0 Å². The minimum absolute atomic E-state index is 0.881. The number of rotatable bonds is 5. The average molecular weight is 727 g/mol. The number of para-hydroxylation sites is 3. The molecule has 12 aromatic rings. The van der Waals surface area contributed by atoms with Gasteiger partial charge in [-0.3, -0.25) is 0 Å². The maximum Gasteiger partial charge on any atom is 0.138 e. The van der Waals surface area contributed by atoms with Crippen LogP contribution in [-0.4, -0.2) is 9.13 Å². The first-order chi connectivity index (χ1) is 28.3. The van der Waals surface area contributed by atoms with E-state index in [-0.39, 0.29) is 0 Å². The van der Waals surface area contributed by atoms with Crippen molar-refractivity contribution in [1.82, 2.24) is 9.13 Å². The summed E-state index contributed by atoms with van der Waals surface area (Å²) in [7, 11) is 0. The molecule has 0 aliphatic carbocycles. The summed E-state index contributed by atoms with van der Waals surface area (Å²) >= 11 is 0. The van der Waals surface area contributed by atoms with E-state index in [4.69, 9.17) is 4.42 Å². The number of nitrogens with zero attached hydrogens (tertiary/aromatic N) is 2. The Labute approximate surface area is 328 Å². The van der Waals surface area contributed by atoms with Gasteiger partial charge in [0.1, 0.15) is 11.2 Å². The van der Waals surface area contributed by atoms with E-state index in [0.717, 1.165) is 50.0 Å². The van der Waals surface area contributed by atoms with Gasteiger partial charge in [-0.1, -0.05) is 146 Å². The van der Waals surface area contributed by atoms with Crippen LogP contribution in [0.25, 0.3) is 110 Å². The number of hydrogen-bond acceptors (Lipinski definition) is 1. The van der Waals surface area contributed by atoms with Gasteiger partial charge in [-0.05, 0) is 94.0 Å². The van der Waals surface area contributed by atoms with Crippen LogP contribution in [0.1, 0.15) is 0 Å². The third kappa shape index (κ3) is 4.92. The highest BCUT2D eigenvalue weighted by Crippen LogP contribution is 2.43. The first kappa shape index (κ1) is 31.7. The zero-order valence-electron chi connectivity index (χ0n) is 30.9. The zero-order valence-corrected chi connectivity index (χ0v) is 30.9. The quantitative estimate of drug-likeness (QED) is 0.173. The molecule has 0 unspecified atom stereocenters. The minimum Gasteiger partial charge on any atom is -0.456 e. The monoisotopic (exact) mass is 726 g/mol. The summed E-state index contributed by atoms with van der Waals surface area (Å²) in [5.74, 6) is 0. The van der Waals surface area contributed by atoms with E-state index in [9.17, 15) is 0 Å². The molecule has 12 rings (SSSR count). The van der Waals surface area contributed by atoms with Crippen molar-refractivity contribution in [1.29, 1.82) is 0 Å². The summed E-state index contributed by atoms with van der Waals surface area (Å²) in [6, 6.07) is 74.5. The molecule has 0 aliphatic rings. The lowest BCUT2D eigenvalue weighted by molar-refractivity contribution is 0.669. The second-order valence-corrected chi connectivity index (χ2v) is 14.9. The molecule has 3 nitrogen and oxygen atoms in total. The highest BCUT2D eigenvalue weighted by atomic mass is 16.3. The predicted octanol–water partition coefficient (Wildman–Crippen LogP) is 14.8. The topological polar surface area (TPSA) is 23.0 Å². The number of fused-ring (bicyclic) bond motifs is 9. The average Bonchev–Trinajstić information content (AvgIpc) is 3.94. The Morgan fingerprint density at radius 2 is 0.807 bits per heavy atom. The summed E-state index contributed by atoms with van der Waals surface area (Å²) in [6.45, 7) is 0. The van der Waals surface area contributed by atoms with E-state index in [1.54, 1.807) is 0 Å². The molecule has 0 fully saturated rings. The highest BCUT2D eigenvalue weighted by Gasteiger charge is 2.21. The van der Waals surface area contributed by atoms with Crippen molar-refractivity contribution >= 4 is 65.6 Å². The predicted molar refractivity (Wildman–Crippen MR) is 239 cm³/mol. The molecule has 0 saturated heterocycles. The Hall–Kier alpha value is -7.62. The molecule has 9 aromatic carbocycles. The van der Waals surface area contributed by atoms with Crippen LogP contribution in [0.2, 0.25) is 0 Å². The maximum atomic E-state index is 6.59. The molecular formula is C54H34N2O. The normalized spacial score (nSPS) is 11.9. The van der Waals surface area contributed by atoms with Crippen molar-refractivity contribution in [2.24, 2.45) is 0 Å². The molecule has 0 atom stereocenters. The van der Waals surface area contributed by atoms with Crippen molar-refractivity contribution in [3.8, 4) is 44.8 Å². The second-order valence-electron chi connectivity index (χ2n) is 14.9. The summed E-state index contributed by atoms with van der Waals surface area (Å²) in [6.07, 6.45) is 0. The van der Waals surface area contributed by atoms with E-state index in [1.807, 2.05) is 6.07 Å². The van der Waals surface area contributed by atoms with Gasteiger partial charge >= 0.3 is 0 Å². The van der Waals surface area contributed by atoms with E-state index in [0.29, 0.717) is 0 Å². The van der Waals surface area contributed by atoms with Crippen LogP contribution in [-0.2, 0) is 0 Å². The first-order valence-electron chi connectivity index (χ1n) is 19.5. The Morgan fingerprint density at radius 1 is 0.281 bits per heavy atom. The van der Waals surface area contributed by atoms with Crippen molar-refractivity contribution in [3.05, 3.63) is 206 Å². The fourth-order valence-corrected chi connectivity index (χ4v) is 9.08. The van der Waals surface area contributed by atoms with Gasteiger partial charge in [-0.25, -0.2) is 0 Å². The van der Waals surface area contributed by atoms with Crippen LogP contribution in [0, 0.1) is 0 Å². The molecule has 57 heavy (non-hydrogen) atoms. The van der Waals surface area contributed by atoms with Gasteiger partial charge in [0.25, 0.3) is 0 Å². The zero-order chi connectivity index (χ0) is 37.5. The van der Waals surface area contributed by atoms with Gasteiger partial charge in [-0.15, -0.1) is 0 Å². The fourth-order valence-electron chi connectivity index (χ4n) is 9.08. The molecule has 0 radical (unpaired) electrons. The Morgan fingerprint density at radius 3 is 1.56 bits per heavy atom. The maximum absolute atomic E-state index is 6.59. The molecule has 3 aromatic heterocycles. The second kappa shape index (κ2) is 12.5. The molecule has 0 amide bonds. The molecule has 0 aliphatic heterocycles. The number of aromatic nitrogens is 2. The van der Waals surface area contributed by atoms with Gasteiger partial charge < -0.3 is 13.6 Å². The number of furan rings is 1. The standard InChI is InChI=1S/C54H34N2O/c1-3-13-35(14-4-1)37-23-27-41(28-24-37)55-47-20-10-8-18-43(47)46-31-38(26-30-49(46)55)39-25-29-44-42-17-7-11-21-48(42)56(50(44)32-39)51-33-40(36-15-5-2-6-16-36)34-53-54(51)45-19-9-12-22-52(45)57-53/h1-34H. The third-order valence-corrected chi connectivity index (χ3v) is 11.7. The Balaban J connectivity index is 1.07. The molecule has 0 N–H and O–H groups in total. The lowest BCUT2D eigenvalue weighted by atomic mass is 10.0. The van der Waals surface area contributed by atoms with Gasteiger partial charge in [0.15, 0.2) is 0 Å². The largest absolute Gasteiger partial charge is 0.456 e. The SMILES string of the molecule is c1ccc(-c2ccc(-n3c4ccccc4c4cc(-c5ccc6c7ccccc7n(-c7cc(-c8ccccc8)cc8oc9ccccc9c78)c6c5)ccc43)cc2)cc1. The van der Waals surface area contributed by atoms with Crippen molar-refractivity contribution in [2.45, 2.75) is 0 Å². The molecule has 0 bridgehead atoms. The van der Waals surface area contributed by atoms with Gasteiger partial charge in [-0.2, -0.15) is 0 Å². The smallest absolute Gasteiger partial charge is 0.138 e. The van der Waals surface area contributed by atoms with E-state index < -0.39 is 0 Å². The molecule has 0 saturated carbocycles. The first-order valence-corrected chi connectivity index (χ1v) is 19.5. The van der Waals surface area contributed by atoms with E-state index in [1.165, 1.54) is 60.3 Å². The van der Waals surface area contributed by atoms with Crippen LogP contribution < -0.4 is 0 Å². The van der Waals surface area contributed by atoms with Gasteiger partial charge in [0, 0.05) is 32.6 Å². The van der Waals surface area contributed by atoms with Crippen molar-refractivity contribution in [3.63, 3.8) is 0 Å². The molecule has 3 heteroatoms. The Bertz CT molecular complexity index is 3490. The van der Waals surface area contributed by atoms with Crippen LogP contribution >= 0.6 is 0 Å². The van der Waals surface area contributed by atoms with Crippen molar-refractivity contribution < 1.29 is 4.42 Å². The van der Waals surface area contributed by atoms with Crippen LogP contribution in [0.5, 0.6) is 0 Å². The summed E-state index contributed by atoms with van der Waals surface area (Å²) in [5.41, 5.74) is 15.8. The van der Waals surface area contributed by atoms with Crippen LogP contribution in [0.3, 0.4) is 0 Å². The third-order valence-electron chi connectivity index (χ3n) is 11.7. The van der Waals surface area contributed by atoms with E-state index >= 15 is 0 Å². The number of hydrogen-bond donors (Lipinski definition) is 0. The Kier molecular flexibility index (Phi) is 6.93. The lowest BCUT2D eigenvalue weighted by Crippen LogP contribution is -1.96. The van der Waals surface area contributed by atoms with Crippen molar-refractivity contribution in [2.75, 3.05) is 0 Å². The summed E-state index contributed by atoms with van der Waals surface area (Å²) in [4.78, 5) is 0. The van der Waals surface area contributed by atoms with Crippen LogP contribution in [0.15, 0.2) is 211 Å². The van der Waals surface area contributed by atoms with Crippen LogP contribution in [0.4, 0.5) is 0 Å². The number of benzene rings is 9. The molecule has 266 valence electrons. The molecule has 3 heterocycles.